The van der Waals surface area contributed by atoms with Gasteiger partial charge >= 0.3 is 0 Å². The summed E-state index contributed by atoms with van der Waals surface area (Å²) in [4.78, 5) is 5.37. The van der Waals surface area contributed by atoms with E-state index in [1.54, 1.807) is 11.3 Å². The summed E-state index contributed by atoms with van der Waals surface area (Å²) in [7, 11) is 0. The number of thiophene rings is 1. The maximum absolute atomic E-state index is 10.4. The lowest BCUT2D eigenvalue weighted by Crippen LogP contribution is -2.28. The normalized spacial score (nSPS) is 13.9. The lowest BCUT2D eigenvalue weighted by atomic mass is 10.0. The highest BCUT2D eigenvalue weighted by Crippen LogP contribution is 2.24. The number of nitrogens with one attached hydrogen (secondary N) is 2. The van der Waals surface area contributed by atoms with Crippen molar-refractivity contribution in [3.63, 3.8) is 0 Å². The van der Waals surface area contributed by atoms with E-state index in [1.807, 2.05) is 48.7 Å². The Kier molecular flexibility index (Phi) is 4.62. The van der Waals surface area contributed by atoms with E-state index in [4.69, 9.17) is 0 Å². The average Bonchev–Trinajstić information content (AvgIpc) is 3.21. The van der Waals surface area contributed by atoms with E-state index in [2.05, 4.69) is 20.5 Å². The molecule has 3 rings (SSSR count). The number of H-pyrrole nitrogens is 1. The molecule has 2 aromatic heterocycles. The van der Waals surface area contributed by atoms with Gasteiger partial charge in [-0.2, -0.15) is 5.10 Å². The fourth-order valence-corrected chi connectivity index (χ4v) is 3.24. The van der Waals surface area contributed by atoms with Crippen molar-refractivity contribution in [1.82, 2.24) is 20.5 Å². The molecular weight excluding hydrogens is 296 g/mol. The Bertz CT molecular complexity index is 663. The van der Waals surface area contributed by atoms with Gasteiger partial charge in [0.05, 0.1) is 6.10 Å². The van der Waals surface area contributed by atoms with E-state index in [0.717, 1.165) is 21.8 Å². The van der Waals surface area contributed by atoms with Gasteiger partial charge in [0.25, 0.3) is 0 Å². The number of benzene rings is 1. The number of aryl methyl sites for hydroxylation is 1. The fourth-order valence-electron chi connectivity index (χ4n) is 2.44. The fraction of sp³-hybridized carbons (Fsp3) is 0.250. The monoisotopic (exact) mass is 314 g/mol. The predicted octanol–water partition coefficient (Wildman–Crippen LogP) is 2.59. The molecule has 0 spiro atoms. The number of nitrogens with zero attached hydrogens (tertiary/aromatic N) is 2. The van der Waals surface area contributed by atoms with Gasteiger partial charge in [0.1, 0.15) is 18.2 Å². The van der Waals surface area contributed by atoms with E-state index in [1.165, 1.54) is 6.33 Å². The van der Waals surface area contributed by atoms with Gasteiger partial charge < -0.3 is 10.4 Å². The minimum atomic E-state index is -0.563. The van der Waals surface area contributed by atoms with Gasteiger partial charge in [-0.1, -0.05) is 30.3 Å². The van der Waals surface area contributed by atoms with Crippen molar-refractivity contribution in [2.75, 3.05) is 6.54 Å². The summed E-state index contributed by atoms with van der Waals surface area (Å²) in [6.07, 6.45) is 0.932. The number of aromatic nitrogens is 3. The van der Waals surface area contributed by atoms with Gasteiger partial charge in [-0.05, 0) is 29.5 Å². The van der Waals surface area contributed by atoms with Gasteiger partial charge in [0, 0.05) is 11.4 Å². The first-order chi connectivity index (χ1) is 10.8. The van der Waals surface area contributed by atoms with Crippen molar-refractivity contribution in [1.29, 1.82) is 0 Å². The van der Waals surface area contributed by atoms with Crippen LogP contribution in [0.1, 0.15) is 34.0 Å². The summed E-state index contributed by atoms with van der Waals surface area (Å²) < 4.78 is 0. The van der Waals surface area contributed by atoms with Crippen LogP contribution in [0.4, 0.5) is 0 Å². The molecule has 0 amide bonds. The average molecular weight is 314 g/mol. The van der Waals surface area contributed by atoms with Crippen LogP contribution in [0.25, 0.3) is 0 Å². The Morgan fingerprint density at radius 2 is 2.14 bits per heavy atom. The third kappa shape index (κ3) is 3.24. The van der Waals surface area contributed by atoms with Crippen LogP contribution in [0.15, 0.2) is 48.1 Å². The molecule has 5 nitrogen and oxygen atoms in total. The standard InChI is InChI=1S/C16H18N4OS/c1-11-5-2-3-6-12(11)13(21)9-17-15(14-7-4-8-22-14)16-18-10-19-20-16/h2-8,10,13,15,17,21H,9H2,1H3,(H,18,19,20). The highest BCUT2D eigenvalue weighted by atomic mass is 32.1. The third-order valence-corrected chi connectivity index (χ3v) is 4.53. The smallest absolute Gasteiger partial charge is 0.146 e. The highest BCUT2D eigenvalue weighted by molar-refractivity contribution is 7.10. The minimum absolute atomic E-state index is 0.0961. The molecule has 3 N–H and O–H groups in total. The molecule has 2 atom stereocenters. The SMILES string of the molecule is Cc1ccccc1C(O)CNC(c1ncn[nH]1)c1cccs1. The van der Waals surface area contributed by atoms with E-state index in [9.17, 15) is 5.11 Å². The number of hydrogen-bond donors (Lipinski definition) is 3. The molecule has 0 aliphatic carbocycles. The molecule has 0 radical (unpaired) electrons. The van der Waals surface area contributed by atoms with Crippen molar-refractivity contribution in [2.45, 2.75) is 19.1 Å². The van der Waals surface area contributed by atoms with Gasteiger partial charge in [-0.25, -0.2) is 4.98 Å². The van der Waals surface area contributed by atoms with Crippen molar-refractivity contribution >= 4 is 11.3 Å². The Balaban J connectivity index is 1.74. The molecular formula is C16H18N4OS. The maximum Gasteiger partial charge on any atom is 0.146 e. The van der Waals surface area contributed by atoms with Crippen LogP contribution in [0.2, 0.25) is 0 Å². The quantitative estimate of drug-likeness (QED) is 0.654. The molecule has 0 saturated carbocycles. The first-order valence-electron chi connectivity index (χ1n) is 7.11. The van der Waals surface area contributed by atoms with E-state index >= 15 is 0 Å². The number of aliphatic hydroxyl groups excluding tert-OH is 1. The summed E-state index contributed by atoms with van der Waals surface area (Å²) in [6.45, 7) is 2.44. The van der Waals surface area contributed by atoms with Crippen molar-refractivity contribution in [2.24, 2.45) is 0 Å². The van der Waals surface area contributed by atoms with Crippen LogP contribution in [0.3, 0.4) is 0 Å². The molecule has 2 unspecified atom stereocenters. The molecule has 0 bridgehead atoms. The summed E-state index contributed by atoms with van der Waals surface area (Å²) >= 11 is 1.65. The van der Waals surface area contributed by atoms with E-state index in [-0.39, 0.29) is 6.04 Å². The van der Waals surface area contributed by atoms with E-state index in [0.29, 0.717) is 6.54 Å². The first-order valence-corrected chi connectivity index (χ1v) is 7.99. The Hall–Kier alpha value is -2.02. The molecule has 0 saturated heterocycles. The van der Waals surface area contributed by atoms with Crippen LogP contribution in [0.5, 0.6) is 0 Å². The van der Waals surface area contributed by atoms with Gasteiger partial charge in [-0.3, -0.25) is 5.10 Å². The molecule has 1 aromatic carbocycles. The van der Waals surface area contributed by atoms with E-state index < -0.39 is 6.10 Å². The molecule has 22 heavy (non-hydrogen) atoms. The maximum atomic E-state index is 10.4. The van der Waals surface area contributed by atoms with Crippen molar-refractivity contribution in [3.05, 3.63) is 69.9 Å². The summed E-state index contributed by atoms with van der Waals surface area (Å²) in [5.41, 5.74) is 2.03. The number of aliphatic hydroxyl groups is 1. The molecule has 2 heterocycles. The predicted molar refractivity (Wildman–Crippen MR) is 86.7 cm³/mol. The topological polar surface area (TPSA) is 73.8 Å². The lowest BCUT2D eigenvalue weighted by molar-refractivity contribution is 0.171. The van der Waals surface area contributed by atoms with Gasteiger partial charge in [0.2, 0.25) is 0 Å². The Labute approximate surface area is 133 Å². The first kappa shape index (κ1) is 14.9. The summed E-state index contributed by atoms with van der Waals surface area (Å²) in [5, 5.41) is 22.7. The largest absolute Gasteiger partial charge is 0.387 e. The van der Waals surface area contributed by atoms with Crippen LogP contribution in [0, 0.1) is 6.92 Å². The summed E-state index contributed by atoms with van der Waals surface area (Å²) in [6, 6.07) is 11.8. The number of hydrogen-bond acceptors (Lipinski definition) is 5. The number of rotatable bonds is 6. The molecule has 0 aliphatic rings. The molecule has 0 fully saturated rings. The van der Waals surface area contributed by atoms with Crippen LogP contribution in [-0.2, 0) is 0 Å². The minimum Gasteiger partial charge on any atom is -0.387 e. The summed E-state index contributed by atoms with van der Waals surface area (Å²) in [5.74, 6) is 0.749. The number of aromatic amines is 1. The molecule has 6 heteroatoms. The second-order valence-electron chi connectivity index (χ2n) is 5.10. The second kappa shape index (κ2) is 6.83. The zero-order chi connectivity index (χ0) is 15.4. The van der Waals surface area contributed by atoms with Crippen molar-refractivity contribution < 1.29 is 5.11 Å². The molecule has 114 valence electrons. The Morgan fingerprint density at radius 3 is 2.82 bits per heavy atom. The third-order valence-electron chi connectivity index (χ3n) is 3.60. The van der Waals surface area contributed by atoms with Crippen LogP contribution < -0.4 is 5.32 Å². The lowest BCUT2D eigenvalue weighted by Gasteiger charge is -2.19. The zero-order valence-corrected chi connectivity index (χ0v) is 13.0. The van der Waals surface area contributed by atoms with Gasteiger partial charge in [-0.15, -0.1) is 11.3 Å². The molecule has 3 aromatic rings. The molecule has 0 aliphatic heterocycles. The second-order valence-corrected chi connectivity index (χ2v) is 6.08. The van der Waals surface area contributed by atoms with Crippen molar-refractivity contribution in [3.8, 4) is 0 Å². The van der Waals surface area contributed by atoms with Crippen LogP contribution in [-0.4, -0.2) is 26.8 Å². The van der Waals surface area contributed by atoms with Crippen LogP contribution >= 0.6 is 11.3 Å². The highest BCUT2D eigenvalue weighted by Gasteiger charge is 2.19. The zero-order valence-electron chi connectivity index (χ0n) is 12.2. The van der Waals surface area contributed by atoms with Gasteiger partial charge in [0.15, 0.2) is 0 Å². The Morgan fingerprint density at radius 1 is 1.27 bits per heavy atom.